The van der Waals surface area contributed by atoms with Crippen molar-refractivity contribution in [2.45, 2.75) is 6.54 Å². The minimum atomic E-state index is 0.795. The molecule has 0 saturated carbocycles. The minimum Gasteiger partial charge on any atom is -0.497 e. The Labute approximate surface area is 89.3 Å². The maximum absolute atomic E-state index is 5.09. The first kappa shape index (κ1) is 9.77. The van der Waals surface area contributed by atoms with Crippen molar-refractivity contribution in [1.29, 1.82) is 0 Å². The Morgan fingerprint density at radius 3 is 2.60 bits per heavy atom. The topological polar surface area (TPSA) is 27.1 Å². The smallest absolute Gasteiger partial charge is 0.118 e. The van der Waals surface area contributed by atoms with Gasteiger partial charge in [0.15, 0.2) is 0 Å². The lowest BCUT2D eigenvalue weighted by molar-refractivity contribution is 0.414. The van der Waals surface area contributed by atoms with Crippen molar-refractivity contribution in [3.8, 4) is 5.75 Å². The van der Waals surface area contributed by atoms with Gasteiger partial charge in [-0.05, 0) is 24.6 Å². The number of hydrogen-bond acceptors (Lipinski definition) is 2. The number of aromatic nitrogens is 2. The molecule has 0 N–H and O–H groups in total. The molecular formula is C12H13N2O. The van der Waals surface area contributed by atoms with Gasteiger partial charge in [0.2, 0.25) is 0 Å². The Kier molecular flexibility index (Phi) is 2.72. The van der Waals surface area contributed by atoms with Crippen LogP contribution in [0.1, 0.15) is 11.3 Å². The summed E-state index contributed by atoms with van der Waals surface area (Å²) in [6.07, 6.45) is 3.71. The van der Waals surface area contributed by atoms with Crippen LogP contribution in [0.4, 0.5) is 0 Å². The molecule has 3 heteroatoms. The highest BCUT2D eigenvalue weighted by Crippen LogP contribution is 2.12. The third kappa shape index (κ3) is 2.37. The van der Waals surface area contributed by atoms with Gasteiger partial charge in [0.25, 0.3) is 0 Å². The van der Waals surface area contributed by atoms with Crippen LogP contribution in [0, 0.1) is 6.92 Å². The van der Waals surface area contributed by atoms with Crippen molar-refractivity contribution in [3.05, 3.63) is 55.0 Å². The van der Waals surface area contributed by atoms with E-state index in [1.54, 1.807) is 13.4 Å². The van der Waals surface area contributed by atoms with Crippen LogP contribution >= 0.6 is 0 Å². The van der Waals surface area contributed by atoms with Crippen molar-refractivity contribution in [3.63, 3.8) is 0 Å². The second-order valence-corrected chi connectivity index (χ2v) is 3.39. The van der Waals surface area contributed by atoms with Crippen molar-refractivity contribution in [2.24, 2.45) is 0 Å². The Bertz CT molecular complexity index is 431. The lowest BCUT2D eigenvalue weighted by Crippen LogP contribution is -1.96. The summed E-state index contributed by atoms with van der Waals surface area (Å²) < 4.78 is 7.10. The number of methoxy groups -OCH3 is 1. The largest absolute Gasteiger partial charge is 0.497 e. The summed E-state index contributed by atoms with van der Waals surface area (Å²) in [5.41, 5.74) is 2.01. The first-order valence-electron chi connectivity index (χ1n) is 4.74. The number of imidazole rings is 1. The highest BCUT2D eigenvalue weighted by Gasteiger charge is 1.97. The summed E-state index contributed by atoms with van der Waals surface area (Å²) >= 11 is 0. The van der Waals surface area contributed by atoms with Crippen LogP contribution in [0.25, 0.3) is 0 Å². The van der Waals surface area contributed by atoms with Crippen LogP contribution in [0.5, 0.6) is 5.75 Å². The molecule has 2 rings (SSSR count). The molecule has 0 amide bonds. The van der Waals surface area contributed by atoms with Crippen molar-refractivity contribution in [1.82, 2.24) is 9.55 Å². The maximum atomic E-state index is 5.09. The van der Waals surface area contributed by atoms with E-state index in [0.717, 1.165) is 18.0 Å². The van der Waals surface area contributed by atoms with E-state index < -0.39 is 0 Å². The van der Waals surface area contributed by atoms with Gasteiger partial charge < -0.3 is 9.30 Å². The van der Waals surface area contributed by atoms with E-state index in [9.17, 15) is 0 Å². The standard InChI is InChI=1S/C12H13N2O/c1-10-7-14(9-13-10)8-11-3-5-12(15-2)6-4-11/h3-7,9H,1,8H2,2H3. The molecule has 0 spiro atoms. The van der Waals surface area contributed by atoms with Crippen LogP contribution in [-0.4, -0.2) is 16.7 Å². The molecule has 0 unspecified atom stereocenters. The van der Waals surface area contributed by atoms with E-state index in [0.29, 0.717) is 0 Å². The predicted octanol–water partition coefficient (Wildman–Crippen LogP) is 2.12. The lowest BCUT2D eigenvalue weighted by Gasteiger charge is -2.03. The van der Waals surface area contributed by atoms with Crippen LogP contribution in [0.3, 0.4) is 0 Å². The monoisotopic (exact) mass is 201 g/mol. The van der Waals surface area contributed by atoms with Gasteiger partial charge in [-0.1, -0.05) is 12.1 Å². The molecular weight excluding hydrogens is 188 g/mol. The Morgan fingerprint density at radius 1 is 1.33 bits per heavy atom. The highest BCUT2D eigenvalue weighted by molar-refractivity contribution is 5.27. The molecule has 0 atom stereocenters. The molecule has 0 aliphatic heterocycles. The second kappa shape index (κ2) is 4.17. The lowest BCUT2D eigenvalue weighted by atomic mass is 10.2. The van der Waals surface area contributed by atoms with Crippen molar-refractivity contribution in [2.75, 3.05) is 7.11 Å². The van der Waals surface area contributed by atoms with Gasteiger partial charge >= 0.3 is 0 Å². The SMILES string of the molecule is [CH2]c1cn(Cc2ccc(OC)cc2)cn1. The summed E-state index contributed by atoms with van der Waals surface area (Å²) in [5, 5.41) is 0. The van der Waals surface area contributed by atoms with E-state index in [1.165, 1.54) is 5.56 Å². The molecule has 1 aromatic carbocycles. The molecule has 3 nitrogen and oxygen atoms in total. The molecule has 15 heavy (non-hydrogen) atoms. The molecule has 0 saturated heterocycles. The fourth-order valence-corrected chi connectivity index (χ4v) is 1.43. The maximum Gasteiger partial charge on any atom is 0.118 e. The van der Waals surface area contributed by atoms with E-state index in [1.807, 2.05) is 35.0 Å². The zero-order chi connectivity index (χ0) is 10.7. The van der Waals surface area contributed by atoms with Crippen LogP contribution < -0.4 is 4.74 Å². The summed E-state index contributed by atoms with van der Waals surface area (Å²) in [5.74, 6) is 0.877. The highest BCUT2D eigenvalue weighted by atomic mass is 16.5. The molecule has 2 aromatic rings. The number of benzene rings is 1. The van der Waals surface area contributed by atoms with Crippen LogP contribution in [0.2, 0.25) is 0 Å². The number of ether oxygens (including phenoxy) is 1. The van der Waals surface area contributed by atoms with Gasteiger partial charge in [-0.3, -0.25) is 0 Å². The first-order valence-corrected chi connectivity index (χ1v) is 4.74. The number of hydrogen-bond donors (Lipinski definition) is 0. The van der Waals surface area contributed by atoms with Crippen LogP contribution in [-0.2, 0) is 6.54 Å². The predicted molar refractivity (Wildman–Crippen MR) is 58.8 cm³/mol. The molecule has 0 aliphatic rings. The quantitative estimate of drug-likeness (QED) is 0.760. The van der Waals surface area contributed by atoms with Gasteiger partial charge in [0, 0.05) is 12.7 Å². The molecule has 1 heterocycles. The molecule has 0 aliphatic carbocycles. The average Bonchev–Trinajstić information content (AvgIpc) is 2.65. The fourth-order valence-electron chi connectivity index (χ4n) is 1.43. The third-order valence-electron chi connectivity index (χ3n) is 2.21. The minimum absolute atomic E-state index is 0.795. The van der Waals surface area contributed by atoms with Gasteiger partial charge in [-0.2, -0.15) is 0 Å². The molecule has 77 valence electrons. The summed E-state index contributed by atoms with van der Waals surface area (Å²) in [7, 11) is 1.67. The first-order chi connectivity index (χ1) is 7.28. The van der Waals surface area contributed by atoms with Gasteiger partial charge in [0.05, 0.1) is 19.1 Å². The van der Waals surface area contributed by atoms with Crippen molar-refractivity contribution < 1.29 is 4.74 Å². The zero-order valence-electron chi connectivity index (χ0n) is 8.68. The van der Waals surface area contributed by atoms with Gasteiger partial charge in [-0.25, -0.2) is 4.98 Å². The van der Waals surface area contributed by atoms with Gasteiger partial charge in [0.1, 0.15) is 5.75 Å². The molecule has 0 bridgehead atoms. The molecule has 0 fully saturated rings. The summed E-state index contributed by atoms with van der Waals surface area (Å²) in [6, 6.07) is 8.00. The van der Waals surface area contributed by atoms with Gasteiger partial charge in [-0.15, -0.1) is 0 Å². The fraction of sp³-hybridized carbons (Fsp3) is 0.167. The molecule has 1 radical (unpaired) electrons. The Balaban J connectivity index is 2.11. The van der Waals surface area contributed by atoms with Crippen LogP contribution in [0.15, 0.2) is 36.8 Å². The number of rotatable bonds is 3. The third-order valence-corrected chi connectivity index (χ3v) is 2.21. The van der Waals surface area contributed by atoms with E-state index in [-0.39, 0.29) is 0 Å². The second-order valence-electron chi connectivity index (χ2n) is 3.39. The summed E-state index contributed by atoms with van der Waals surface area (Å²) in [4.78, 5) is 4.07. The Hall–Kier alpha value is -1.77. The zero-order valence-corrected chi connectivity index (χ0v) is 8.68. The summed E-state index contributed by atoms with van der Waals surface area (Å²) in [6.45, 7) is 4.57. The average molecular weight is 201 g/mol. The normalized spacial score (nSPS) is 10.3. The molecule has 1 aromatic heterocycles. The van der Waals surface area contributed by atoms with E-state index >= 15 is 0 Å². The Morgan fingerprint density at radius 2 is 2.07 bits per heavy atom. The van der Waals surface area contributed by atoms with Crippen molar-refractivity contribution >= 4 is 0 Å². The number of nitrogens with zero attached hydrogens (tertiary/aromatic N) is 2. The van der Waals surface area contributed by atoms with E-state index in [2.05, 4.69) is 11.9 Å². The van der Waals surface area contributed by atoms with E-state index in [4.69, 9.17) is 4.74 Å².